The van der Waals surface area contributed by atoms with E-state index in [-0.39, 0.29) is 54.1 Å². The highest BCUT2D eigenvalue weighted by atomic mass is 16.7. The number of phenols is 2. The number of methoxy groups -OCH3 is 2. The molecule has 2 aliphatic carbocycles. The first-order valence-corrected chi connectivity index (χ1v) is 21.2. The molecule has 4 aliphatic rings. The van der Waals surface area contributed by atoms with Crippen molar-refractivity contribution < 1.29 is 81.8 Å². The van der Waals surface area contributed by atoms with Gasteiger partial charge >= 0.3 is 18.4 Å². The van der Waals surface area contributed by atoms with Crippen LogP contribution in [0.25, 0.3) is 0 Å². The predicted octanol–water partition coefficient (Wildman–Crippen LogP) is 3.44. The van der Waals surface area contributed by atoms with Gasteiger partial charge < -0.3 is 63.4 Å². The maximum absolute atomic E-state index is 14.1. The Morgan fingerprint density at radius 3 is 2.43 bits per heavy atom. The Bertz CT molecular complexity index is 2350. The Hall–Kier alpha value is -5.96. The number of Topliss-reactive ketones (excluding diaryl/α,β-unsaturated/α-hetero) is 1. The Balaban J connectivity index is 1.08. The van der Waals surface area contributed by atoms with Gasteiger partial charge in [0.2, 0.25) is 17.9 Å². The Morgan fingerprint density at radius 1 is 0.985 bits per heavy atom. The van der Waals surface area contributed by atoms with Crippen molar-refractivity contribution in [1.29, 1.82) is 0 Å². The zero-order valence-electron chi connectivity index (χ0n) is 36.8. The number of nitrogens with zero attached hydrogens (tertiary/aromatic N) is 2. The van der Waals surface area contributed by atoms with Crippen LogP contribution in [-0.4, -0.2) is 152 Å². The average Bonchev–Trinajstić information content (AvgIpc) is 3.29. The minimum absolute atomic E-state index is 0.0107. The molecule has 7 rings (SSSR count). The van der Waals surface area contributed by atoms with E-state index in [0.717, 1.165) is 16.0 Å². The van der Waals surface area contributed by atoms with E-state index in [1.54, 1.807) is 11.5 Å². The number of likely N-dealkylation sites (N-methyl/N-ethyl adjacent to an activating group) is 1. The number of nitrogens with one attached hydrogen (secondary N) is 1. The van der Waals surface area contributed by atoms with Crippen molar-refractivity contribution in [2.75, 3.05) is 54.1 Å². The van der Waals surface area contributed by atoms with E-state index in [0.29, 0.717) is 19.6 Å². The largest absolute Gasteiger partial charge is 0.507 e. The number of aryl methyl sites for hydroxylation is 1. The molecular weight excluding hydrogens is 851 g/mol. The number of aliphatic hydroxyl groups is 1. The SMILES string of the molecule is C=[N+]1CCOC(OC)C1OC1CCC(OC2CC(O)(C(=O)COC(=O)N(C)CCNC(=O)OCc3ccc(C)cc3)Cc3c(O)c4c(c(O)c32)C(=O)c2c(OC)cccc2C4=O)OC1C. The van der Waals surface area contributed by atoms with Gasteiger partial charge in [-0.15, -0.1) is 0 Å². The van der Waals surface area contributed by atoms with Gasteiger partial charge in [-0.05, 0) is 31.9 Å². The summed E-state index contributed by atoms with van der Waals surface area (Å²) in [6.07, 6.45) is -7.07. The summed E-state index contributed by atoms with van der Waals surface area (Å²) in [6.45, 7) is 7.75. The molecule has 0 bridgehead atoms. The number of hydrogen-bond acceptors (Lipinski definition) is 16. The second-order valence-corrected chi connectivity index (χ2v) is 16.5. The van der Waals surface area contributed by atoms with Gasteiger partial charge in [-0.1, -0.05) is 42.0 Å². The number of hydrogen-bond donors (Lipinski definition) is 4. The minimum Gasteiger partial charge on any atom is -0.507 e. The van der Waals surface area contributed by atoms with Crippen LogP contribution in [-0.2, 0) is 51.0 Å². The normalized spacial score (nSPS) is 24.9. The van der Waals surface area contributed by atoms with Crippen molar-refractivity contribution >= 4 is 36.3 Å². The molecule has 7 atom stereocenters. The fourth-order valence-electron chi connectivity index (χ4n) is 8.49. The average molecular weight is 905 g/mol. The van der Waals surface area contributed by atoms with Gasteiger partial charge in [0.1, 0.15) is 42.8 Å². The lowest BCUT2D eigenvalue weighted by Gasteiger charge is -2.42. The van der Waals surface area contributed by atoms with E-state index in [9.17, 15) is 39.3 Å². The fourth-order valence-corrected chi connectivity index (χ4v) is 8.49. The number of alkyl carbamates (subject to hydrolysis) is 1. The summed E-state index contributed by atoms with van der Waals surface area (Å²) < 4.78 is 47.8. The Labute approximate surface area is 374 Å². The van der Waals surface area contributed by atoms with Crippen LogP contribution in [0.5, 0.6) is 17.2 Å². The van der Waals surface area contributed by atoms with Gasteiger partial charge in [-0.25, -0.2) is 14.2 Å². The zero-order valence-corrected chi connectivity index (χ0v) is 36.8. The third-order valence-corrected chi connectivity index (χ3v) is 12.1. The molecule has 0 saturated carbocycles. The molecule has 2 amide bonds. The van der Waals surface area contributed by atoms with Gasteiger partial charge in [0.25, 0.3) is 0 Å². The summed E-state index contributed by atoms with van der Waals surface area (Å²) in [5, 5.41) is 38.6. The van der Waals surface area contributed by atoms with Crippen LogP contribution in [0.4, 0.5) is 9.59 Å². The van der Waals surface area contributed by atoms with Gasteiger partial charge in [0.15, 0.2) is 25.2 Å². The molecule has 7 unspecified atom stereocenters. The van der Waals surface area contributed by atoms with Crippen molar-refractivity contribution in [2.24, 2.45) is 0 Å². The molecule has 3 aromatic carbocycles. The maximum atomic E-state index is 14.1. The monoisotopic (exact) mass is 904 g/mol. The summed E-state index contributed by atoms with van der Waals surface area (Å²) in [7, 11) is 4.20. The fraction of sp³-hybridized carbons (Fsp3) is 0.478. The highest BCUT2D eigenvalue weighted by molar-refractivity contribution is 6.31. The number of carbonyl (C=O) groups excluding carboxylic acids is 5. The predicted molar refractivity (Wildman–Crippen MR) is 226 cm³/mol. The zero-order chi connectivity index (χ0) is 46.7. The number of ether oxygens (including phenoxy) is 8. The number of morpholine rings is 1. The van der Waals surface area contributed by atoms with Gasteiger partial charge in [-0.3, -0.25) is 14.4 Å². The van der Waals surface area contributed by atoms with E-state index in [1.165, 1.54) is 39.5 Å². The summed E-state index contributed by atoms with van der Waals surface area (Å²) in [4.78, 5) is 68.4. The topological polar surface area (TPSA) is 238 Å². The lowest BCUT2D eigenvalue weighted by Crippen LogP contribution is -2.52. The van der Waals surface area contributed by atoms with Crippen molar-refractivity contribution in [1.82, 2.24) is 10.2 Å². The first-order valence-electron chi connectivity index (χ1n) is 21.2. The molecule has 4 N–H and O–H groups in total. The molecule has 2 aliphatic heterocycles. The molecule has 19 heteroatoms. The van der Waals surface area contributed by atoms with E-state index in [1.807, 2.05) is 31.2 Å². The third kappa shape index (κ3) is 9.71. The summed E-state index contributed by atoms with van der Waals surface area (Å²) in [5.74, 6) is -3.95. The van der Waals surface area contributed by atoms with Crippen LogP contribution in [0.3, 0.4) is 0 Å². The number of carbonyl (C=O) groups is 5. The van der Waals surface area contributed by atoms with Crippen LogP contribution in [0.1, 0.15) is 86.4 Å². The number of fused-ring (bicyclic) bond motifs is 3. The second kappa shape index (κ2) is 19.6. The van der Waals surface area contributed by atoms with E-state index in [4.69, 9.17) is 37.9 Å². The number of ketones is 3. The quantitative estimate of drug-likeness (QED) is 0.105. The molecule has 2 fully saturated rings. The molecule has 19 nitrogen and oxygen atoms in total. The molecule has 348 valence electrons. The van der Waals surface area contributed by atoms with Crippen LogP contribution in [0.2, 0.25) is 0 Å². The van der Waals surface area contributed by atoms with Crippen LogP contribution >= 0.6 is 0 Å². The van der Waals surface area contributed by atoms with Gasteiger partial charge in [0.05, 0.1) is 42.1 Å². The maximum Gasteiger partial charge on any atom is 0.409 e. The highest BCUT2D eigenvalue weighted by Crippen LogP contribution is 2.52. The van der Waals surface area contributed by atoms with Crippen molar-refractivity contribution in [3.63, 3.8) is 0 Å². The highest BCUT2D eigenvalue weighted by Gasteiger charge is 2.51. The molecule has 0 aromatic heterocycles. The van der Waals surface area contributed by atoms with Crippen molar-refractivity contribution in [3.05, 3.63) is 87.0 Å². The number of aromatic hydroxyl groups is 2. The van der Waals surface area contributed by atoms with Crippen LogP contribution in [0, 0.1) is 6.92 Å². The number of benzene rings is 3. The van der Waals surface area contributed by atoms with Crippen molar-refractivity contribution in [2.45, 2.75) is 88.9 Å². The second-order valence-electron chi connectivity index (χ2n) is 16.5. The minimum atomic E-state index is -2.40. The first-order chi connectivity index (χ1) is 31.0. The molecule has 65 heavy (non-hydrogen) atoms. The summed E-state index contributed by atoms with van der Waals surface area (Å²) >= 11 is 0. The third-order valence-electron chi connectivity index (χ3n) is 12.1. The molecule has 3 aromatic rings. The first kappa shape index (κ1) is 47.0. The summed E-state index contributed by atoms with van der Waals surface area (Å²) in [6, 6.07) is 11.8. The van der Waals surface area contributed by atoms with Crippen molar-refractivity contribution in [3.8, 4) is 17.2 Å². The molecule has 2 heterocycles. The Morgan fingerprint density at radius 2 is 1.72 bits per heavy atom. The van der Waals surface area contributed by atoms with E-state index >= 15 is 0 Å². The summed E-state index contributed by atoms with van der Waals surface area (Å²) in [5.41, 5.74) is -2.12. The Kier molecular flexibility index (Phi) is 14.2. The smallest absolute Gasteiger partial charge is 0.409 e. The number of amides is 2. The molecule has 0 spiro atoms. The van der Waals surface area contributed by atoms with Gasteiger partial charge in [-0.2, -0.15) is 0 Å². The van der Waals surface area contributed by atoms with Crippen LogP contribution < -0.4 is 10.1 Å². The standard InChI is InChI=1S/C46H53N3O16/c1-24-10-12-26(13-11-24)22-61-44(55)47-16-17-49(4)45(56)62-23-32(50)46(57)20-28-35(41(54)37-36(39(28)52)38(51)27-8-7-9-30(58-5)34(27)40(37)53)31(21-46)64-33-15-14-29(25(2)63-33)65-42-43(59-6)60-19-18-48(42)3/h7-13,25,29,31,33,42-43,57H,3,14-23H2,1-2,4-6H3,(H2-,47,51,52,53,54,55)/p+1. The molecule has 0 radical (unpaired) electrons. The lowest BCUT2D eigenvalue weighted by atomic mass is 9.72. The van der Waals surface area contributed by atoms with Gasteiger partial charge in [0, 0.05) is 63.2 Å². The number of phenolic OH excluding ortho intramolecular Hbond substituents is 2. The molecular formula is C46H54N3O16+. The lowest BCUT2D eigenvalue weighted by molar-refractivity contribution is -0.655. The van der Waals surface area contributed by atoms with Crippen LogP contribution in [0.15, 0.2) is 42.5 Å². The van der Waals surface area contributed by atoms with E-state index in [2.05, 4.69) is 12.0 Å². The number of rotatable bonds is 14. The molecule has 2 saturated heterocycles. The van der Waals surface area contributed by atoms with E-state index < -0.39 is 114 Å².